The molecule has 2 N–H and O–H groups in total. The molecule has 3 rings (SSSR count). The summed E-state index contributed by atoms with van der Waals surface area (Å²) in [6.07, 6.45) is 0.121. The van der Waals surface area contributed by atoms with E-state index in [1.54, 1.807) is 0 Å². The van der Waals surface area contributed by atoms with Crippen molar-refractivity contribution < 1.29 is 9.53 Å². The molecule has 2 aromatic carbocycles. The van der Waals surface area contributed by atoms with Gasteiger partial charge in [0, 0.05) is 10.9 Å². The average molecular weight is 322 g/mol. The van der Waals surface area contributed by atoms with Crippen LogP contribution in [0.25, 0.3) is 10.9 Å². The first-order valence-electron chi connectivity index (χ1n) is 8.18. The first-order valence-corrected chi connectivity index (χ1v) is 8.18. The highest BCUT2D eigenvalue weighted by molar-refractivity contribution is 5.98. The maximum atomic E-state index is 12.5. The van der Waals surface area contributed by atoms with Crippen LogP contribution < -0.4 is 10.1 Å². The van der Waals surface area contributed by atoms with Crippen LogP contribution in [-0.2, 0) is 0 Å². The van der Waals surface area contributed by atoms with E-state index in [9.17, 15) is 4.79 Å². The minimum Gasteiger partial charge on any atom is -0.491 e. The molecule has 0 saturated heterocycles. The largest absolute Gasteiger partial charge is 0.491 e. The molecule has 0 bridgehead atoms. The molecule has 4 heteroatoms. The van der Waals surface area contributed by atoms with E-state index in [4.69, 9.17) is 4.74 Å². The number of hydrogen-bond acceptors (Lipinski definition) is 2. The van der Waals surface area contributed by atoms with Gasteiger partial charge < -0.3 is 15.0 Å². The van der Waals surface area contributed by atoms with Crippen LogP contribution in [0.5, 0.6) is 5.75 Å². The van der Waals surface area contributed by atoms with Crippen molar-refractivity contribution >= 4 is 16.8 Å². The number of ether oxygens (including phenoxy) is 1. The van der Waals surface area contributed by atoms with E-state index in [1.807, 2.05) is 75.4 Å². The Balaban J connectivity index is 1.77. The lowest BCUT2D eigenvalue weighted by molar-refractivity contribution is 0.0935. The summed E-state index contributed by atoms with van der Waals surface area (Å²) in [4.78, 5) is 15.7. The zero-order chi connectivity index (χ0) is 17.1. The van der Waals surface area contributed by atoms with Gasteiger partial charge in [-0.2, -0.15) is 0 Å². The maximum Gasteiger partial charge on any atom is 0.268 e. The predicted octanol–water partition coefficient (Wildman–Crippen LogP) is 4.45. The van der Waals surface area contributed by atoms with Crippen LogP contribution in [0.3, 0.4) is 0 Å². The quantitative estimate of drug-likeness (QED) is 0.729. The van der Waals surface area contributed by atoms with Gasteiger partial charge in [0.1, 0.15) is 11.4 Å². The molecule has 1 unspecified atom stereocenters. The number of amides is 1. The zero-order valence-electron chi connectivity index (χ0n) is 14.2. The number of aromatic amines is 1. The van der Waals surface area contributed by atoms with Crippen molar-refractivity contribution in [3.63, 3.8) is 0 Å². The molecule has 1 aromatic heterocycles. The van der Waals surface area contributed by atoms with Crippen LogP contribution >= 0.6 is 0 Å². The fourth-order valence-electron chi connectivity index (χ4n) is 2.68. The molecule has 3 aromatic rings. The lowest BCUT2D eigenvalue weighted by Gasteiger charge is -2.13. The van der Waals surface area contributed by atoms with E-state index >= 15 is 0 Å². The molecule has 0 spiro atoms. The summed E-state index contributed by atoms with van der Waals surface area (Å²) in [7, 11) is 0. The molecule has 24 heavy (non-hydrogen) atoms. The zero-order valence-corrected chi connectivity index (χ0v) is 14.2. The van der Waals surface area contributed by atoms with Crippen LogP contribution in [0.1, 0.15) is 42.9 Å². The van der Waals surface area contributed by atoms with Gasteiger partial charge in [0.05, 0.1) is 12.1 Å². The molecule has 4 nitrogen and oxygen atoms in total. The third-order valence-corrected chi connectivity index (χ3v) is 3.86. The van der Waals surface area contributed by atoms with E-state index in [-0.39, 0.29) is 18.1 Å². The second-order valence-electron chi connectivity index (χ2n) is 6.20. The first kappa shape index (κ1) is 16.1. The molecule has 0 aliphatic rings. The minimum absolute atomic E-state index is 0.0510. The molecule has 1 amide bonds. The van der Waals surface area contributed by atoms with E-state index in [0.29, 0.717) is 5.69 Å². The summed E-state index contributed by atoms with van der Waals surface area (Å²) in [6, 6.07) is 17.5. The van der Waals surface area contributed by atoms with Crippen LogP contribution in [0.15, 0.2) is 54.6 Å². The summed E-state index contributed by atoms with van der Waals surface area (Å²) >= 11 is 0. The number of benzene rings is 2. The predicted molar refractivity (Wildman–Crippen MR) is 96.4 cm³/mol. The number of hydrogen-bond donors (Lipinski definition) is 2. The van der Waals surface area contributed by atoms with Gasteiger partial charge in [0.2, 0.25) is 0 Å². The molecule has 0 saturated carbocycles. The summed E-state index contributed by atoms with van der Waals surface area (Å²) in [5.41, 5.74) is 2.55. The Bertz CT molecular complexity index is 837. The highest BCUT2D eigenvalue weighted by Crippen LogP contribution is 2.23. The Morgan fingerprint density at radius 3 is 2.50 bits per heavy atom. The third kappa shape index (κ3) is 3.59. The third-order valence-electron chi connectivity index (χ3n) is 3.86. The van der Waals surface area contributed by atoms with Gasteiger partial charge in [-0.05, 0) is 50.6 Å². The van der Waals surface area contributed by atoms with E-state index in [1.165, 1.54) is 0 Å². The minimum atomic E-state index is -0.117. The van der Waals surface area contributed by atoms with Crippen molar-refractivity contribution in [3.8, 4) is 5.75 Å². The van der Waals surface area contributed by atoms with Gasteiger partial charge in [-0.25, -0.2) is 0 Å². The van der Waals surface area contributed by atoms with Gasteiger partial charge in [-0.1, -0.05) is 30.3 Å². The Labute approximate surface area is 141 Å². The standard InChI is InChI=1S/C20H22N2O2/c1-13(2)24-17-9-10-18-16(11-17)12-19(22-18)20(23)21-14(3)15-7-5-4-6-8-15/h4-14,22H,1-3H3,(H,21,23). The van der Waals surface area contributed by atoms with E-state index in [0.717, 1.165) is 22.2 Å². The van der Waals surface area contributed by atoms with Crippen LogP contribution in [0.4, 0.5) is 0 Å². The van der Waals surface area contributed by atoms with Crippen molar-refractivity contribution in [1.29, 1.82) is 0 Å². The van der Waals surface area contributed by atoms with Crippen molar-refractivity contribution in [2.24, 2.45) is 0 Å². The Morgan fingerprint density at radius 2 is 1.79 bits per heavy atom. The molecule has 1 heterocycles. The summed E-state index contributed by atoms with van der Waals surface area (Å²) in [5.74, 6) is 0.690. The smallest absolute Gasteiger partial charge is 0.268 e. The van der Waals surface area contributed by atoms with Crippen molar-refractivity contribution in [3.05, 3.63) is 65.9 Å². The molecule has 0 fully saturated rings. The molecule has 0 radical (unpaired) electrons. The molecule has 0 aliphatic heterocycles. The van der Waals surface area contributed by atoms with Crippen LogP contribution in [0.2, 0.25) is 0 Å². The summed E-state index contributed by atoms with van der Waals surface area (Å²) in [5, 5.41) is 3.98. The first-order chi connectivity index (χ1) is 11.5. The topological polar surface area (TPSA) is 54.1 Å². The number of aromatic nitrogens is 1. The molecule has 124 valence electrons. The molecular formula is C20H22N2O2. The highest BCUT2D eigenvalue weighted by Gasteiger charge is 2.14. The van der Waals surface area contributed by atoms with Gasteiger partial charge in [0.15, 0.2) is 0 Å². The Kier molecular flexibility index (Phi) is 4.56. The van der Waals surface area contributed by atoms with E-state index in [2.05, 4.69) is 10.3 Å². The normalized spacial score (nSPS) is 12.3. The molecule has 1 atom stereocenters. The average Bonchev–Trinajstić information content (AvgIpc) is 2.98. The fraction of sp³-hybridized carbons (Fsp3) is 0.250. The highest BCUT2D eigenvalue weighted by atomic mass is 16.5. The van der Waals surface area contributed by atoms with E-state index < -0.39 is 0 Å². The number of nitrogens with one attached hydrogen (secondary N) is 2. The lowest BCUT2D eigenvalue weighted by Crippen LogP contribution is -2.26. The molecular weight excluding hydrogens is 300 g/mol. The number of carbonyl (C=O) groups is 1. The van der Waals surface area contributed by atoms with Gasteiger partial charge >= 0.3 is 0 Å². The summed E-state index contributed by atoms with van der Waals surface area (Å²) < 4.78 is 5.70. The van der Waals surface area contributed by atoms with Gasteiger partial charge in [0.25, 0.3) is 5.91 Å². The number of fused-ring (bicyclic) bond motifs is 1. The van der Waals surface area contributed by atoms with Crippen molar-refractivity contribution in [2.45, 2.75) is 32.9 Å². The maximum absolute atomic E-state index is 12.5. The summed E-state index contributed by atoms with van der Waals surface area (Å²) in [6.45, 7) is 5.96. The second-order valence-corrected chi connectivity index (χ2v) is 6.20. The fourth-order valence-corrected chi connectivity index (χ4v) is 2.68. The van der Waals surface area contributed by atoms with Crippen molar-refractivity contribution in [1.82, 2.24) is 10.3 Å². The number of rotatable bonds is 5. The van der Waals surface area contributed by atoms with Crippen LogP contribution in [0, 0.1) is 0 Å². The molecule has 0 aliphatic carbocycles. The number of carbonyl (C=O) groups excluding carboxylic acids is 1. The lowest BCUT2D eigenvalue weighted by atomic mass is 10.1. The monoisotopic (exact) mass is 322 g/mol. The van der Waals surface area contributed by atoms with Gasteiger partial charge in [-0.3, -0.25) is 4.79 Å². The Hall–Kier alpha value is -2.75. The van der Waals surface area contributed by atoms with Crippen LogP contribution in [-0.4, -0.2) is 17.0 Å². The second kappa shape index (κ2) is 6.79. The van der Waals surface area contributed by atoms with Crippen molar-refractivity contribution in [2.75, 3.05) is 0 Å². The SMILES string of the molecule is CC(C)Oc1ccc2[nH]c(C(=O)NC(C)c3ccccc3)cc2c1. The van der Waals surface area contributed by atoms with Gasteiger partial charge in [-0.15, -0.1) is 0 Å². The number of H-pyrrole nitrogens is 1. The Morgan fingerprint density at radius 1 is 1.04 bits per heavy atom.